The zero-order chi connectivity index (χ0) is 17.5. The summed E-state index contributed by atoms with van der Waals surface area (Å²) >= 11 is 0. The van der Waals surface area contributed by atoms with Crippen molar-refractivity contribution in [2.75, 3.05) is 33.1 Å². The number of nitrogens with two attached hydrogens (primary N) is 1. The van der Waals surface area contributed by atoms with E-state index in [9.17, 15) is 0 Å². The van der Waals surface area contributed by atoms with E-state index in [1.807, 2.05) is 38.4 Å². The Morgan fingerprint density at radius 1 is 1.21 bits per heavy atom. The summed E-state index contributed by atoms with van der Waals surface area (Å²) in [6, 6.07) is 16.3. The molecule has 128 valence electrons. The normalized spacial score (nSPS) is 13.0. The van der Waals surface area contributed by atoms with Crippen LogP contribution in [0.2, 0.25) is 0 Å². The van der Waals surface area contributed by atoms with Gasteiger partial charge in [0.05, 0.1) is 19.7 Å². The predicted octanol–water partition coefficient (Wildman–Crippen LogP) is 3.03. The number of nitrogens with one attached hydrogen (secondary N) is 1. The number of ether oxygens (including phenoxy) is 1. The van der Waals surface area contributed by atoms with Crippen molar-refractivity contribution < 1.29 is 4.74 Å². The zero-order valence-corrected chi connectivity index (χ0v) is 14.8. The van der Waals surface area contributed by atoms with Crippen molar-refractivity contribution in [3.63, 3.8) is 0 Å². The van der Waals surface area contributed by atoms with Crippen molar-refractivity contribution in [3.8, 4) is 5.75 Å². The third kappa shape index (κ3) is 4.99. The van der Waals surface area contributed by atoms with E-state index >= 15 is 0 Å². The Morgan fingerprint density at radius 2 is 1.92 bits per heavy atom. The standard InChI is InChI=1S/C19H26N4O/c1-14-8-10-15(11-9-14)18(23(2)3)13-21-19(20)22-16-6-5-7-17(12-16)24-4/h5-12,18H,13H2,1-4H3,(H3,20,21,22). The molecule has 0 radical (unpaired) electrons. The second kappa shape index (κ2) is 8.36. The maximum atomic E-state index is 6.03. The van der Waals surface area contributed by atoms with Gasteiger partial charge < -0.3 is 20.7 Å². The molecule has 2 aromatic carbocycles. The van der Waals surface area contributed by atoms with Crippen LogP contribution in [0, 0.1) is 6.92 Å². The van der Waals surface area contributed by atoms with E-state index in [4.69, 9.17) is 10.5 Å². The van der Waals surface area contributed by atoms with Crippen LogP contribution in [0.3, 0.4) is 0 Å². The number of hydrogen-bond acceptors (Lipinski definition) is 3. The molecule has 2 rings (SSSR count). The van der Waals surface area contributed by atoms with E-state index in [1.165, 1.54) is 11.1 Å². The van der Waals surface area contributed by atoms with Gasteiger partial charge in [-0.25, -0.2) is 0 Å². The Balaban J connectivity index is 2.06. The van der Waals surface area contributed by atoms with Crippen molar-refractivity contribution in [2.45, 2.75) is 13.0 Å². The van der Waals surface area contributed by atoms with Crippen LogP contribution in [-0.4, -0.2) is 38.6 Å². The quantitative estimate of drug-likeness (QED) is 0.633. The maximum absolute atomic E-state index is 6.03. The van der Waals surface area contributed by atoms with Gasteiger partial charge in [0.2, 0.25) is 0 Å². The van der Waals surface area contributed by atoms with Crippen LogP contribution in [-0.2, 0) is 0 Å². The minimum Gasteiger partial charge on any atom is -0.497 e. The molecule has 0 aliphatic rings. The number of likely N-dealkylation sites (N-methyl/N-ethyl adjacent to an activating group) is 1. The van der Waals surface area contributed by atoms with Crippen LogP contribution in [0.1, 0.15) is 17.2 Å². The Bertz CT molecular complexity index is 680. The van der Waals surface area contributed by atoms with E-state index in [-0.39, 0.29) is 6.04 Å². The van der Waals surface area contributed by atoms with Crippen molar-refractivity contribution in [1.82, 2.24) is 4.90 Å². The van der Waals surface area contributed by atoms with Gasteiger partial charge in [-0.05, 0) is 38.7 Å². The van der Waals surface area contributed by atoms with Gasteiger partial charge in [0.15, 0.2) is 5.96 Å². The monoisotopic (exact) mass is 326 g/mol. The van der Waals surface area contributed by atoms with Gasteiger partial charge in [-0.2, -0.15) is 0 Å². The second-order valence-electron chi connectivity index (χ2n) is 5.97. The summed E-state index contributed by atoms with van der Waals surface area (Å²) in [4.78, 5) is 6.64. The van der Waals surface area contributed by atoms with Gasteiger partial charge in [0, 0.05) is 11.8 Å². The number of methoxy groups -OCH3 is 1. The topological polar surface area (TPSA) is 62.9 Å². The third-order valence-corrected chi connectivity index (χ3v) is 3.86. The molecule has 0 saturated carbocycles. The summed E-state index contributed by atoms with van der Waals surface area (Å²) < 4.78 is 5.21. The van der Waals surface area contributed by atoms with Gasteiger partial charge in [-0.1, -0.05) is 35.9 Å². The van der Waals surface area contributed by atoms with E-state index < -0.39 is 0 Å². The maximum Gasteiger partial charge on any atom is 0.193 e. The lowest BCUT2D eigenvalue weighted by molar-refractivity contribution is 0.306. The highest BCUT2D eigenvalue weighted by Crippen LogP contribution is 2.20. The highest BCUT2D eigenvalue weighted by Gasteiger charge is 2.13. The molecule has 1 unspecified atom stereocenters. The molecular weight excluding hydrogens is 300 g/mol. The van der Waals surface area contributed by atoms with Gasteiger partial charge in [-0.3, -0.25) is 4.99 Å². The lowest BCUT2D eigenvalue weighted by atomic mass is 10.0. The predicted molar refractivity (Wildman–Crippen MR) is 101 cm³/mol. The van der Waals surface area contributed by atoms with Gasteiger partial charge in [0.1, 0.15) is 5.75 Å². The Labute approximate surface area is 144 Å². The van der Waals surface area contributed by atoms with Gasteiger partial charge in [0.25, 0.3) is 0 Å². The van der Waals surface area contributed by atoms with E-state index in [0.29, 0.717) is 12.5 Å². The molecule has 0 bridgehead atoms. The Morgan fingerprint density at radius 3 is 2.54 bits per heavy atom. The first kappa shape index (κ1) is 17.8. The van der Waals surface area contributed by atoms with Crippen molar-refractivity contribution in [1.29, 1.82) is 0 Å². The molecule has 0 heterocycles. The number of rotatable bonds is 6. The zero-order valence-electron chi connectivity index (χ0n) is 14.8. The highest BCUT2D eigenvalue weighted by atomic mass is 16.5. The first-order valence-corrected chi connectivity index (χ1v) is 7.93. The third-order valence-electron chi connectivity index (χ3n) is 3.86. The van der Waals surface area contributed by atoms with Crippen molar-refractivity contribution in [3.05, 3.63) is 59.7 Å². The lowest BCUT2D eigenvalue weighted by Gasteiger charge is -2.23. The van der Waals surface area contributed by atoms with Crippen LogP contribution in [0.15, 0.2) is 53.5 Å². The van der Waals surface area contributed by atoms with Crippen LogP contribution in [0.25, 0.3) is 0 Å². The summed E-state index contributed by atoms with van der Waals surface area (Å²) in [6.45, 7) is 2.67. The molecule has 0 spiro atoms. The molecule has 1 atom stereocenters. The van der Waals surface area contributed by atoms with Crippen LogP contribution >= 0.6 is 0 Å². The molecule has 5 nitrogen and oxygen atoms in total. The van der Waals surface area contributed by atoms with Crippen LogP contribution in [0.5, 0.6) is 5.75 Å². The molecule has 3 N–H and O–H groups in total. The fourth-order valence-corrected chi connectivity index (χ4v) is 2.43. The Kier molecular flexibility index (Phi) is 6.21. The minimum absolute atomic E-state index is 0.177. The summed E-state index contributed by atoms with van der Waals surface area (Å²) in [5.74, 6) is 1.17. The fraction of sp³-hybridized carbons (Fsp3) is 0.316. The average molecular weight is 326 g/mol. The Hall–Kier alpha value is -2.53. The summed E-state index contributed by atoms with van der Waals surface area (Å²) in [5.41, 5.74) is 9.36. The number of aryl methyl sites for hydroxylation is 1. The first-order chi connectivity index (χ1) is 11.5. The average Bonchev–Trinajstić information content (AvgIpc) is 2.56. The molecule has 24 heavy (non-hydrogen) atoms. The van der Waals surface area contributed by atoms with E-state index in [0.717, 1.165) is 11.4 Å². The second-order valence-corrected chi connectivity index (χ2v) is 5.97. The fourth-order valence-electron chi connectivity index (χ4n) is 2.43. The molecule has 2 aromatic rings. The number of anilines is 1. The minimum atomic E-state index is 0.177. The largest absolute Gasteiger partial charge is 0.497 e. The number of benzene rings is 2. The lowest BCUT2D eigenvalue weighted by Crippen LogP contribution is -2.27. The van der Waals surface area contributed by atoms with E-state index in [1.54, 1.807) is 7.11 Å². The summed E-state index contributed by atoms with van der Waals surface area (Å²) in [7, 11) is 5.73. The van der Waals surface area contributed by atoms with Crippen molar-refractivity contribution >= 4 is 11.6 Å². The van der Waals surface area contributed by atoms with E-state index in [2.05, 4.69) is 46.4 Å². The number of hydrogen-bond donors (Lipinski definition) is 2. The molecule has 0 saturated heterocycles. The summed E-state index contributed by atoms with van der Waals surface area (Å²) in [5, 5.41) is 3.10. The molecule has 0 aliphatic heterocycles. The SMILES string of the molecule is COc1cccc(NC(N)=NCC(c2ccc(C)cc2)N(C)C)c1. The first-order valence-electron chi connectivity index (χ1n) is 7.93. The highest BCUT2D eigenvalue weighted by molar-refractivity contribution is 5.92. The molecule has 5 heteroatoms. The smallest absolute Gasteiger partial charge is 0.193 e. The van der Waals surface area contributed by atoms with Gasteiger partial charge >= 0.3 is 0 Å². The number of guanidine groups is 1. The molecular formula is C19H26N4O. The molecule has 0 aromatic heterocycles. The molecule has 0 aliphatic carbocycles. The number of nitrogens with zero attached hydrogens (tertiary/aromatic N) is 2. The van der Waals surface area contributed by atoms with Crippen LogP contribution < -0.4 is 15.8 Å². The summed E-state index contributed by atoms with van der Waals surface area (Å²) in [6.07, 6.45) is 0. The van der Waals surface area contributed by atoms with Crippen molar-refractivity contribution in [2.24, 2.45) is 10.7 Å². The molecule has 0 amide bonds. The van der Waals surface area contributed by atoms with Gasteiger partial charge in [-0.15, -0.1) is 0 Å². The molecule has 0 fully saturated rings. The van der Waals surface area contributed by atoms with Crippen LogP contribution in [0.4, 0.5) is 5.69 Å². The number of aliphatic imine (C=N–C) groups is 1.